The smallest absolute Gasteiger partial charge is 0.335 e. The lowest BCUT2D eigenvalue weighted by atomic mass is 10.1. The maximum absolute atomic E-state index is 10.8. The lowest BCUT2D eigenvalue weighted by Crippen LogP contribution is -2.20. The fourth-order valence-electron chi connectivity index (χ4n) is 1.57. The van der Waals surface area contributed by atoms with Crippen molar-refractivity contribution < 1.29 is 14.6 Å². The summed E-state index contributed by atoms with van der Waals surface area (Å²) < 4.78 is 5.01. The molecule has 0 heterocycles. The maximum Gasteiger partial charge on any atom is 0.335 e. The van der Waals surface area contributed by atoms with Crippen LogP contribution in [0.1, 0.15) is 22.8 Å². The first-order chi connectivity index (χ1) is 7.54. The molecule has 0 saturated carbocycles. The SMILES string of the molecule is COCC(C)Nc1ccc(C(=O)O)c(C)c1. The van der Waals surface area contributed by atoms with Gasteiger partial charge in [0.05, 0.1) is 12.2 Å². The number of nitrogens with one attached hydrogen (secondary N) is 1. The molecule has 1 aromatic rings. The van der Waals surface area contributed by atoms with Crippen LogP contribution in [0.5, 0.6) is 0 Å². The van der Waals surface area contributed by atoms with Gasteiger partial charge in [0.1, 0.15) is 0 Å². The number of anilines is 1. The third-order valence-electron chi connectivity index (χ3n) is 2.29. The Bertz CT molecular complexity index is 377. The van der Waals surface area contributed by atoms with Crippen LogP contribution in [0.4, 0.5) is 5.69 Å². The van der Waals surface area contributed by atoms with Crippen molar-refractivity contribution in [3.63, 3.8) is 0 Å². The Morgan fingerprint density at radius 2 is 2.25 bits per heavy atom. The van der Waals surface area contributed by atoms with Crippen molar-refractivity contribution in [2.75, 3.05) is 19.0 Å². The largest absolute Gasteiger partial charge is 0.478 e. The van der Waals surface area contributed by atoms with Crippen molar-refractivity contribution in [3.8, 4) is 0 Å². The summed E-state index contributed by atoms with van der Waals surface area (Å²) >= 11 is 0. The van der Waals surface area contributed by atoms with Crippen LogP contribution in [0.15, 0.2) is 18.2 Å². The summed E-state index contributed by atoms with van der Waals surface area (Å²) in [6.45, 7) is 4.40. The molecule has 0 bridgehead atoms. The first-order valence-corrected chi connectivity index (χ1v) is 5.14. The number of aryl methyl sites for hydroxylation is 1. The predicted octanol–water partition coefficient (Wildman–Crippen LogP) is 2.14. The number of hydrogen-bond donors (Lipinski definition) is 2. The number of ether oxygens (including phenoxy) is 1. The van der Waals surface area contributed by atoms with Gasteiger partial charge < -0.3 is 15.2 Å². The van der Waals surface area contributed by atoms with E-state index in [9.17, 15) is 4.79 Å². The minimum Gasteiger partial charge on any atom is -0.478 e. The zero-order valence-electron chi connectivity index (χ0n) is 9.78. The summed E-state index contributed by atoms with van der Waals surface area (Å²) in [6, 6.07) is 5.40. The van der Waals surface area contributed by atoms with Crippen molar-refractivity contribution in [1.82, 2.24) is 0 Å². The van der Waals surface area contributed by atoms with E-state index in [-0.39, 0.29) is 6.04 Å². The van der Waals surface area contributed by atoms with Gasteiger partial charge in [-0.05, 0) is 37.6 Å². The van der Waals surface area contributed by atoms with E-state index in [0.29, 0.717) is 12.2 Å². The third kappa shape index (κ3) is 3.24. The number of methoxy groups -OCH3 is 1. The molecule has 0 aliphatic carbocycles. The highest BCUT2D eigenvalue weighted by molar-refractivity contribution is 5.89. The zero-order valence-corrected chi connectivity index (χ0v) is 9.78. The van der Waals surface area contributed by atoms with Crippen LogP contribution in [0.2, 0.25) is 0 Å². The molecule has 0 spiro atoms. The van der Waals surface area contributed by atoms with Gasteiger partial charge >= 0.3 is 5.97 Å². The van der Waals surface area contributed by atoms with Gasteiger partial charge in [0.2, 0.25) is 0 Å². The van der Waals surface area contributed by atoms with E-state index < -0.39 is 5.97 Å². The number of carboxylic acid groups (broad SMARTS) is 1. The highest BCUT2D eigenvalue weighted by Crippen LogP contribution is 2.16. The molecule has 2 N–H and O–H groups in total. The van der Waals surface area contributed by atoms with Crippen LogP contribution >= 0.6 is 0 Å². The van der Waals surface area contributed by atoms with E-state index >= 15 is 0 Å². The molecule has 1 aromatic carbocycles. The summed E-state index contributed by atoms with van der Waals surface area (Å²) in [4.78, 5) is 10.8. The van der Waals surface area contributed by atoms with Crippen molar-refractivity contribution >= 4 is 11.7 Å². The Hall–Kier alpha value is -1.55. The van der Waals surface area contributed by atoms with Gasteiger partial charge in [0, 0.05) is 18.8 Å². The van der Waals surface area contributed by atoms with Gasteiger partial charge in [0.15, 0.2) is 0 Å². The second-order valence-corrected chi connectivity index (χ2v) is 3.84. The predicted molar refractivity (Wildman–Crippen MR) is 63.1 cm³/mol. The second-order valence-electron chi connectivity index (χ2n) is 3.84. The molecule has 4 nitrogen and oxygen atoms in total. The van der Waals surface area contributed by atoms with Gasteiger partial charge in [-0.15, -0.1) is 0 Å². The molecule has 16 heavy (non-hydrogen) atoms. The van der Waals surface area contributed by atoms with Crippen LogP contribution in [0, 0.1) is 6.92 Å². The van der Waals surface area contributed by atoms with Crippen LogP contribution in [0.25, 0.3) is 0 Å². The fourth-order valence-corrected chi connectivity index (χ4v) is 1.57. The zero-order chi connectivity index (χ0) is 12.1. The third-order valence-corrected chi connectivity index (χ3v) is 2.29. The molecular weight excluding hydrogens is 206 g/mol. The molecule has 0 aromatic heterocycles. The molecule has 0 aliphatic heterocycles. The molecule has 1 rings (SSSR count). The average molecular weight is 223 g/mol. The van der Waals surface area contributed by atoms with E-state index in [1.54, 1.807) is 26.2 Å². The molecule has 4 heteroatoms. The van der Waals surface area contributed by atoms with Crippen LogP contribution < -0.4 is 5.32 Å². The Morgan fingerprint density at radius 1 is 1.56 bits per heavy atom. The normalized spacial score (nSPS) is 12.2. The van der Waals surface area contributed by atoms with E-state index in [0.717, 1.165) is 11.3 Å². The van der Waals surface area contributed by atoms with E-state index in [1.807, 2.05) is 13.0 Å². The van der Waals surface area contributed by atoms with Gasteiger partial charge in [-0.25, -0.2) is 4.79 Å². The molecule has 1 atom stereocenters. The van der Waals surface area contributed by atoms with Crippen LogP contribution in [0.3, 0.4) is 0 Å². The molecule has 0 aliphatic rings. The minimum atomic E-state index is -0.894. The molecule has 88 valence electrons. The Balaban J connectivity index is 2.77. The molecule has 0 saturated heterocycles. The van der Waals surface area contributed by atoms with Gasteiger partial charge in [-0.1, -0.05) is 0 Å². The van der Waals surface area contributed by atoms with Crippen molar-refractivity contribution in [2.24, 2.45) is 0 Å². The Morgan fingerprint density at radius 3 is 2.75 bits per heavy atom. The lowest BCUT2D eigenvalue weighted by molar-refractivity contribution is 0.0696. The van der Waals surface area contributed by atoms with Crippen LogP contribution in [-0.4, -0.2) is 30.8 Å². The Kier molecular flexibility index (Phi) is 4.31. The highest BCUT2D eigenvalue weighted by Gasteiger charge is 2.08. The van der Waals surface area contributed by atoms with Crippen molar-refractivity contribution in [1.29, 1.82) is 0 Å². The number of hydrogen-bond acceptors (Lipinski definition) is 3. The summed E-state index contributed by atoms with van der Waals surface area (Å²) in [7, 11) is 1.65. The van der Waals surface area contributed by atoms with E-state index in [2.05, 4.69) is 5.32 Å². The quantitative estimate of drug-likeness (QED) is 0.803. The molecular formula is C12H17NO3. The topological polar surface area (TPSA) is 58.6 Å². The van der Waals surface area contributed by atoms with Gasteiger partial charge in [-0.2, -0.15) is 0 Å². The second kappa shape index (κ2) is 5.51. The minimum absolute atomic E-state index is 0.195. The molecule has 0 amide bonds. The lowest BCUT2D eigenvalue weighted by Gasteiger charge is -2.15. The molecule has 1 unspecified atom stereocenters. The number of carboxylic acids is 1. The van der Waals surface area contributed by atoms with E-state index in [1.165, 1.54) is 0 Å². The molecule has 0 fully saturated rings. The summed E-state index contributed by atoms with van der Waals surface area (Å²) in [5.74, 6) is -0.894. The fraction of sp³-hybridized carbons (Fsp3) is 0.417. The number of carbonyl (C=O) groups is 1. The first-order valence-electron chi connectivity index (χ1n) is 5.14. The summed E-state index contributed by atoms with van der Waals surface area (Å²) in [5.41, 5.74) is 2.00. The van der Waals surface area contributed by atoms with Crippen molar-refractivity contribution in [2.45, 2.75) is 19.9 Å². The van der Waals surface area contributed by atoms with Crippen molar-refractivity contribution in [3.05, 3.63) is 29.3 Å². The Labute approximate surface area is 95.2 Å². The standard InChI is InChI=1S/C12H17NO3/c1-8-6-10(13-9(2)7-16-3)4-5-11(8)12(14)15/h4-6,9,13H,7H2,1-3H3,(H,14,15). The maximum atomic E-state index is 10.8. The monoisotopic (exact) mass is 223 g/mol. The average Bonchev–Trinajstić information content (AvgIpc) is 2.17. The van der Waals surface area contributed by atoms with E-state index in [4.69, 9.17) is 9.84 Å². The van der Waals surface area contributed by atoms with Crippen LogP contribution in [-0.2, 0) is 4.74 Å². The number of benzene rings is 1. The summed E-state index contributed by atoms with van der Waals surface area (Å²) in [6.07, 6.45) is 0. The number of aromatic carboxylic acids is 1. The molecule has 0 radical (unpaired) electrons. The van der Waals surface area contributed by atoms with Gasteiger partial charge in [0.25, 0.3) is 0 Å². The first kappa shape index (κ1) is 12.5. The highest BCUT2D eigenvalue weighted by atomic mass is 16.5. The summed E-state index contributed by atoms with van der Waals surface area (Å²) in [5, 5.41) is 12.1. The number of rotatable bonds is 5. The van der Waals surface area contributed by atoms with Gasteiger partial charge in [-0.3, -0.25) is 0 Å².